The van der Waals surface area contributed by atoms with Gasteiger partial charge < -0.3 is 14.2 Å². The Morgan fingerprint density at radius 3 is 3.10 bits per heavy atom. The molecule has 5 heteroatoms. The predicted octanol–water partition coefficient (Wildman–Crippen LogP) is 3.03. The normalized spacial score (nSPS) is 18.9. The number of nitrogens with zero attached hydrogens (tertiary/aromatic N) is 2. The van der Waals surface area contributed by atoms with E-state index < -0.39 is 0 Å². The summed E-state index contributed by atoms with van der Waals surface area (Å²) < 4.78 is 10.7. The largest absolute Gasteiger partial charge is 0.381 e. The number of ether oxygens (including phenoxy) is 1. The fraction of sp³-hybridized carbons (Fsp3) is 0.333. The number of fused-ring (bicyclic) bond motifs is 1. The molecular weight excluding hydrogens is 254 g/mol. The van der Waals surface area contributed by atoms with Crippen LogP contribution in [0.1, 0.15) is 23.7 Å². The van der Waals surface area contributed by atoms with E-state index in [0.29, 0.717) is 12.5 Å². The standard InChI is InChI=1S/C15H15N3O2/c1-9-2-3-12-11(6-9)7-13(16-12)15-17-14(18-20-15)10-4-5-19-8-10/h2-3,6-7,10,16H,4-5,8H2,1H3/t10-/m1/s1. The van der Waals surface area contributed by atoms with Crippen LogP contribution in [0.15, 0.2) is 28.8 Å². The number of aromatic amines is 1. The van der Waals surface area contributed by atoms with Crippen molar-refractivity contribution in [2.24, 2.45) is 0 Å². The zero-order valence-electron chi connectivity index (χ0n) is 11.2. The summed E-state index contributed by atoms with van der Waals surface area (Å²) in [5, 5.41) is 5.23. The molecule has 5 nitrogen and oxygen atoms in total. The van der Waals surface area contributed by atoms with Gasteiger partial charge in [-0.2, -0.15) is 4.98 Å². The lowest BCUT2D eigenvalue weighted by Crippen LogP contribution is -1.99. The fourth-order valence-electron chi connectivity index (χ4n) is 2.62. The van der Waals surface area contributed by atoms with Crippen LogP contribution in [0.25, 0.3) is 22.5 Å². The maximum Gasteiger partial charge on any atom is 0.274 e. The molecule has 1 N–H and O–H groups in total. The molecule has 0 saturated carbocycles. The van der Waals surface area contributed by atoms with Gasteiger partial charge in [-0.25, -0.2) is 0 Å². The fourth-order valence-corrected chi connectivity index (χ4v) is 2.62. The molecule has 0 radical (unpaired) electrons. The van der Waals surface area contributed by atoms with E-state index in [4.69, 9.17) is 9.26 Å². The Morgan fingerprint density at radius 1 is 1.30 bits per heavy atom. The van der Waals surface area contributed by atoms with Crippen LogP contribution in [0.3, 0.4) is 0 Å². The summed E-state index contributed by atoms with van der Waals surface area (Å²) in [7, 11) is 0. The molecule has 2 aromatic heterocycles. The van der Waals surface area contributed by atoms with Gasteiger partial charge in [0.05, 0.1) is 6.61 Å². The van der Waals surface area contributed by atoms with E-state index in [0.717, 1.165) is 35.4 Å². The number of hydrogen-bond acceptors (Lipinski definition) is 4. The van der Waals surface area contributed by atoms with E-state index >= 15 is 0 Å². The second kappa shape index (κ2) is 4.45. The molecule has 0 spiro atoms. The van der Waals surface area contributed by atoms with Crippen LogP contribution >= 0.6 is 0 Å². The Kier molecular flexibility index (Phi) is 2.60. The first-order valence-corrected chi connectivity index (χ1v) is 6.81. The van der Waals surface area contributed by atoms with Crippen LogP contribution in [0.4, 0.5) is 0 Å². The quantitative estimate of drug-likeness (QED) is 0.776. The lowest BCUT2D eigenvalue weighted by atomic mass is 10.1. The summed E-state index contributed by atoms with van der Waals surface area (Å²) in [5.74, 6) is 1.55. The second-order valence-electron chi connectivity index (χ2n) is 5.29. The minimum absolute atomic E-state index is 0.263. The number of benzene rings is 1. The molecule has 0 amide bonds. The second-order valence-corrected chi connectivity index (χ2v) is 5.29. The van der Waals surface area contributed by atoms with Gasteiger partial charge in [0, 0.05) is 23.4 Å². The maximum atomic E-state index is 5.37. The lowest BCUT2D eigenvalue weighted by Gasteiger charge is -1.97. The third-order valence-electron chi connectivity index (χ3n) is 3.74. The summed E-state index contributed by atoms with van der Waals surface area (Å²) in [4.78, 5) is 7.81. The highest BCUT2D eigenvalue weighted by Gasteiger charge is 2.23. The molecule has 3 heterocycles. The molecule has 0 unspecified atom stereocenters. The van der Waals surface area contributed by atoms with E-state index in [1.807, 2.05) is 6.07 Å². The van der Waals surface area contributed by atoms with Crippen molar-refractivity contribution in [1.82, 2.24) is 15.1 Å². The van der Waals surface area contributed by atoms with Crippen LogP contribution in [0, 0.1) is 6.92 Å². The number of hydrogen-bond donors (Lipinski definition) is 1. The Bertz CT molecular complexity index is 753. The highest BCUT2D eigenvalue weighted by Crippen LogP contribution is 2.27. The summed E-state index contributed by atoms with van der Waals surface area (Å²) in [6.45, 7) is 3.54. The first-order valence-electron chi connectivity index (χ1n) is 6.81. The van der Waals surface area contributed by atoms with Crippen molar-refractivity contribution in [3.63, 3.8) is 0 Å². The van der Waals surface area contributed by atoms with Gasteiger partial charge in [0.25, 0.3) is 5.89 Å². The number of rotatable bonds is 2. The van der Waals surface area contributed by atoms with E-state index in [-0.39, 0.29) is 5.92 Å². The third-order valence-corrected chi connectivity index (χ3v) is 3.74. The molecular formula is C15H15N3O2. The summed E-state index contributed by atoms with van der Waals surface area (Å²) in [6, 6.07) is 8.33. The molecule has 1 aliphatic heterocycles. The molecule has 20 heavy (non-hydrogen) atoms. The molecule has 0 bridgehead atoms. The summed E-state index contributed by atoms with van der Waals surface area (Å²) >= 11 is 0. The molecule has 4 rings (SSSR count). The van der Waals surface area contributed by atoms with Crippen molar-refractivity contribution in [2.75, 3.05) is 13.2 Å². The van der Waals surface area contributed by atoms with Gasteiger partial charge in [-0.15, -0.1) is 0 Å². The first-order chi connectivity index (χ1) is 9.79. The molecule has 1 atom stereocenters. The van der Waals surface area contributed by atoms with Crippen LogP contribution in [0.2, 0.25) is 0 Å². The smallest absolute Gasteiger partial charge is 0.274 e. The highest BCUT2D eigenvalue weighted by molar-refractivity contribution is 5.85. The van der Waals surface area contributed by atoms with Gasteiger partial charge in [-0.3, -0.25) is 0 Å². The maximum absolute atomic E-state index is 5.37. The van der Waals surface area contributed by atoms with Gasteiger partial charge in [0.15, 0.2) is 5.82 Å². The van der Waals surface area contributed by atoms with Gasteiger partial charge >= 0.3 is 0 Å². The van der Waals surface area contributed by atoms with Crippen LogP contribution in [0.5, 0.6) is 0 Å². The number of H-pyrrole nitrogens is 1. The molecule has 1 saturated heterocycles. The SMILES string of the molecule is Cc1ccc2[nH]c(-c3nc([C@@H]4CCOC4)no3)cc2c1. The number of aromatic nitrogens is 3. The van der Waals surface area contributed by atoms with Gasteiger partial charge in [-0.05, 0) is 31.5 Å². The molecule has 3 aromatic rings. The van der Waals surface area contributed by atoms with E-state index in [1.54, 1.807) is 0 Å². The van der Waals surface area contributed by atoms with Crippen molar-refractivity contribution in [1.29, 1.82) is 0 Å². The average molecular weight is 269 g/mol. The summed E-state index contributed by atoms with van der Waals surface area (Å²) in [6.07, 6.45) is 0.963. The lowest BCUT2D eigenvalue weighted by molar-refractivity contribution is 0.192. The third kappa shape index (κ3) is 1.91. The Morgan fingerprint density at radius 2 is 2.25 bits per heavy atom. The average Bonchev–Trinajstić information content (AvgIpc) is 3.17. The Hall–Kier alpha value is -2.14. The molecule has 102 valence electrons. The first kappa shape index (κ1) is 11.7. The van der Waals surface area contributed by atoms with E-state index in [9.17, 15) is 0 Å². The van der Waals surface area contributed by atoms with Gasteiger partial charge in [0.2, 0.25) is 0 Å². The van der Waals surface area contributed by atoms with E-state index in [1.165, 1.54) is 5.56 Å². The Balaban J connectivity index is 1.71. The molecule has 1 fully saturated rings. The number of aryl methyl sites for hydroxylation is 1. The zero-order valence-corrected chi connectivity index (χ0v) is 11.2. The summed E-state index contributed by atoms with van der Waals surface area (Å²) in [5.41, 5.74) is 3.18. The van der Waals surface area contributed by atoms with Crippen LogP contribution in [-0.4, -0.2) is 28.3 Å². The predicted molar refractivity (Wildman–Crippen MR) is 74.5 cm³/mol. The van der Waals surface area contributed by atoms with Crippen LogP contribution < -0.4 is 0 Å². The topological polar surface area (TPSA) is 63.9 Å². The van der Waals surface area contributed by atoms with Crippen molar-refractivity contribution in [3.05, 3.63) is 35.7 Å². The van der Waals surface area contributed by atoms with E-state index in [2.05, 4.69) is 40.2 Å². The Labute approximate surface area is 115 Å². The van der Waals surface area contributed by atoms with Crippen molar-refractivity contribution >= 4 is 10.9 Å². The molecule has 1 aliphatic rings. The molecule has 0 aliphatic carbocycles. The molecule has 1 aromatic carbocycles. The van der Waals surface area contributed by atoms with Gasteiger partial charge in [-0.1, -0.05) is 16.8 Å². The van der Waals surface area contributed by atoms with Crippen molar-refractivity contribution in [3.8, 4) is 11.6 Å². The zero-order chi connectivity index (χ0) is 13.5. The monoisotopic (exact) mass is 269 g/mol. The van der Waals surface area contributed by atoms with Crippen molar-refractivity contribution in [2.45, 2.75) is 19.3 Å². The van der Waals surface area contributed by atoms with Crippen LogP contribution in [-0.2, 0) is 4.74 Å². The van der Waals surface area contributed by atoms with Gasteiger partial charge in [0.1, 0.15) is 5.69 Å². The number of nitrogens with one attached hydrogen (secondary N) is 1. The highest BCUT2D eigenvalue weighted by atomic mass is 16.5. The minimum Gasteiger partial charge on any atom is -0.381 e. The minimum atomic E-state index is 0.263. The van der Waals surface area contributed by atoms with Crippen molar-refractivity contribution < 1.29 is 9.26 Å².